The standard InChI is InChI=1S/C45H29N5/c1-3-14-30(15-4-1)39-29-40(47-44(46-39)31-16-5-2-6-17-31)34-20-13-21-35(26-34)49-43-28-33-19-8-7-18-32(33)27-37(43)36-22-9-11-24-41(36)50-42-25-12-10-23-38(42)48-45(49)50/h1-29H. The molecule has 0 unspecified atom stereocenters. The van der Waals surface area contributed by atoms with E-state index in [1.165, 1.54) is 10.8 Å². The van der Waals surface area contributed by atoms with Crippen LogP contribution < -0.4 is 4.90 Å². The molecule has 0 bridgehead atoms. The smallest absolute Gasteiger partial charge is 0.220 e. The molecular formula is C45H29N5. The lowest BCUT2D eigenvalue weighted by Crippen LogP contribution is -2.14. The number of aromatic nitrogens is 4. The highest BCUT2D eigenvalue weighted by atomic mass is 15.3. The average molecular weight is 640 g/mol. The van der Waals surface area contributed by atoms with Crippen LogP contribution in [-0.4, -0.2) is 19.5 Å². The van der Waals surface area contributed by atoms with Crippen LogP contribution >= 0.6 is 0 Å². The number of nitrogens with zero attached hydrogens (tertiary/aromatic N) is 5. The second kappa shape index (κ2) is 11.4. The van der Waals surface area contributed by atoms with Crippen molar-refractivity contribution in [1.29, 1.82) is 0 Å². The molecular weight excluding hydrogens is 611 g/mol. The summed E-state index contributed by atoms with van der Waals surface area (Å²) in [6.07, 6.45) is 0. The summed E-state index contributed by atoms with van der Waals surface area (Å²) in [7, 11) is 0. The van der Waals surface area contributed by atoms with Crippen molar-refractivity contribution in [2.75, 3.05) is 4.90 Å². The molecule has 0 spiro atoms. The van der Waals surface area contributed by atoms with Gasteiger partial charge in [-0.2, -0.15) is 0 Å². The lowest BCUT2D eigenvalue weighted by atomic mass is 9.97. The van der Waals surface area contributed by atoms with Crippen molar-refractivity contribution in [1.82, 2.24) is 19.5 Å². The van der Waals surface area contributed by atoms with Crippen LogP contribution in [0.25, 0.3) is 72.5 Å². The van der Waals surface area contributed by atoms with Gasteiger partial charge in [-0.3, -0.25) is 9.47 Å². The number of anilines is 3. The molecule has 5 heteroatoms. The van der Waals surface area contributed by atoms with E-state index in [9.17, 15) is 0 Å². The summed E-state index contributed by atoms with van der Waals surface area (Å²) in [4.78, 5) is 17.8. The van der Waals surface area contributed by atoms with Gasteiger partial charge in [0.1, 0.15) is 0 Å². The highest BCUT2D eigenvalue weighted by Crippen LogP contribution is 2.49. The fourth-order valence-electron chi connectivity index (χ4n) is 7.16. The zero-order valence-corrected chi connectivity index (χ0v) is 27.0. The lowest BCUT2D eigenvalue weighted by Gasteiger charge is -2.25. The Balaban J connectivity index is 1.23. The molecule has 0 atom stereocenters. The van der Waals surface area contributed by atoms with Gasteiger partial charge in [0.2, 0.25) is 5.95 Å². The number of imidazole rings is 1. The van der Waals surface area contributed by atoms with Crippen LogP contribution in [0.2, 0.25) is 0 Å². The number of para-hydroxylation sites is 3. The Kier molecular flexibility index (Phi) is 6.42. The third-order valence-corrected chi connectivity index (χ3v) is 9.51. The van der Waals surface area contributed by atoms with Crippen LogP contribution in [-0.2, 0) is 0 Å². The Hall–Kier alpha value is -6.85. The van der Waals surface area contributed by atoms with Crippen LogP contribution in [0.4, 0.5) is 17.3 Å². The quantitative estimate of drug-likeness (QED) is 0.192. The molecule has 0 fully saturated rings. The normalized spacial score (nSPS) is 12.0. The molecule has 0 saturated heterocycles. The first-order valence-electron chi connectivity index (χ1n) is 16.8. The van der Waals surface area contributed by atoms with Gasteiger partial charge in [-0.25, -0.2) is 15.0 Å². The Morgan fingerprint density at radius 1 is 0.400 bits per heavy atom. The molecule has 0 N–H and O–H groups in total. The maximum atomic E-state index is 5.32. The molecule has 5 nitrogen and oxygen atoms in total. The van der Waals surface area contributed by atoms with Gasteiger partial charge in [-0.05, 0) is 59.3 Å². The third kappa shape index (κ3) is 4.60. The van der Waals surface area contributed by atoms with Crippen molar-refractivity contribution < 1.29 is 0 Å². The van der Waals surface area contributed by atoms with E-state index in [0.29, 0.717) is 5.82 Å². The summed E-state index contributed by atoms with van der Waals surface area (Å²) in [5.41, 5.74) is 12.2. The average Bonchev–Trinajstić information content (AvgIpc) is 3.52. The zero-order valence-electron chi connectivity index (χ0n) is 27.0. The topological polar surface area (TPSA) is 46.8 Å². The molecule has 2 aromatic heterocycles. The van der Waals surface area contributed by atoms with Gasteiger partial charge in [0, 0.05) is 33.5 Å². The predicted molar refractivity (Wildman–Crippen MR) is 204 cm³/mol. The van der Waals surface area contributed by atoms with Gasteiger partial charge in [0.15, 0.2) is 5.82 Å². The van der Waals surface area contributed by atoms with Crippen molar-refractivity contribution in [2.24, 2.45) is 0 Å². The first-order valence-corrected chi connectivity index (χ1v) is 16.8. The number of rotatable bonds is 4. The summed E-state index contributed by atoms with van der Waals surface area (Å²) in [5.74, 6) is 1.53. The number of hydrogen-bond acceptors (Lipinski definition) is 4. The molecule has 1 aliphatic rings. The van der Waals surface area contributed by atoms with Crippen molar-refractivity contribution in [3.8, 4) is 50.7 Å². The van der Waals surface area contributed by atoms with Crippen LogP contribution in [0, 0.1) is 0 Å². The summed E-state index contributed by atoms with van der Waals surface area (Å²) in [5, 5.41) is 2.37. The minimum atomic E-state index is 0.691. The predicted octanol–water partition coefficient (Wildman–Crippen LogP) is 11.4. The second-order valence-corrected chi connectivity index (χ2v) is 12.5. The van der Waals surface area contributed by atoms with Gasteiger partial charge in [0.05, 0.1) is 33.8 Å². The number of benzene rings is 7. The van der Waals surface area contributed by atoms with Crippen LogP contribution in [0.3, 0.4) is 0 Å². The van der Waals surface area contributed by atoms with E-state index in [0.717, 1.165) is 73.2 Å². The first-order chi connectivity index (χ1) is 24.8. The van der Waals surface area contributed by atoms with Gasteiger partial charge >= 0.3 is 0 Å². The Bertz CT molecular complexity index is 2660. The monoisotopic (exact) mass is 639 g/mol. The number of hydrogen-bond donors (Lipinski definition) is 0. The summed E-state index contributed by atoms with van der Waals surface area (Å²) < 4.78 is 2.30. The molecule has 50 heavy (non-hydrogen) atoms. The maximum absolute atomic E-state index is 5.32. The van der Waals surface area contributed by atoms with E-state index in [1.807, 2.05) is 36.4 Å². The van der Waals surface area contributed by atoms with E-state index in [4.69, 9.17) is 15.0 Å². The Labute approximate surface area is 289 Å². The van der Waals surface area contributed by atoms with Crippen LogP contribution in [0.5, 0.6) is 0 Å². The molecule has 7 aromatic carbocycles. The molecule has 0 saturated carbocycles. The highest BCUT2D eigenvalue weighted by Gasteiger charge is 2.29. The van der Waals surface area contributed by atoms with E-state index < -0.39 is 0 Å². The lowest BCUT2D eigenvalue weighted by molar-refractivity contribution is 1.05. The molecule has 0 aliphatic carbocycles. The Morgan fingerprint density at radius 2 is 1.04 bits per heavy atom. The van der Waals surface area contributed by atoms with Crippen molar-refractivity contribution in [2.45, 2.75) is 0 Å². The second-order valence-electron chi connectivity index (χ2n) is 12.5. The molecule has 3 heterocycles. The summed E-state index contributed by atoms with van der Waals surface area (Å²) in [6.45, 7) is 0. The fraction of sp³-hybridized carbons (Fsp3) is 0. The van der Waals surface area contributed by atoms with Crippen molar-refractivity contribution in [3.63, 3.8) is 0 Å². The molecule has 234 valence electrons. The SMILES string of the molecule is c1ccc(-c2cc(-c3cccc(N4c5cc6ccccc6cc5-c5ccccc5-n5c4nc4ccccc45)c3)nc(-c3ccccc3)n2)cc1. The van der Waals surface area contributed by atoms with E-state index in [2.05, 4.69) is 149 Å². The molecule has 9 aromatic rings. The minimum Gasteiger partial charge on any atom is -0.280 e. The Morgan fingerprint density at radius 3 is 1.86 bits per heavy atom. The molecule has 1 aliphatic heterocycles. The largest absolute Gasteiger partial charge is 0.280 e. The van der Waals surface area contributed by atoms with E-state index >= 15 is 0 Å². The van der Waals surface area contributed by atoms with Gasteiger partial charge in [-0.15, -0.1) is 0 Å². The minimum absolute atomic E-state index is 0.691. The van der Waals surface area contributed by atoms with Gasteiger partial charge in [0.25, 0.3) is 0 Å². The molecule has 10 rings (SSSR count). The summed E-state index contributed by atoms with van der Waals surface area (Å²) >= 11 is 0. The molecule has 0 radical (unpaired) electrons. The van der Waals surface area contributed by atoms with Crippen LogP contribution in [0.15, 0.2) is 176 Å². The number of fused-ring (bicyclic) bond motifs is 8. The van der Waals surface area contributed by atoms with E-state index in [1.54, 1.807) is 0 Å². The summed E-state index contributed by atoms with van der Waals surface area (Å²) in [6, 6.07) is 61.5. The van der Waals surface area contributed by atoms with Gasteiger partial charge < -0.3 is 0 Å². The van der Waals surface area contributed by atoms with E-state index in [-0.39, 0.29) is 0 Å². The maximum Gasteiger partial charge on any atom is 0.220 e. The zero-order chi connectivity index (χ0) is 33.0. The van der Waals surface area contributed by atoms with Crippen LogP contribution in [0.1, 0.15) is 0 Å². The fourth-order valence-corrected chi connectivity index (χ4v) is 7.16. The highest BCUT2D eigenvalue weighted by molar-refractivity contribution is 6.02. The van der Waals surface area contributed by atoms with Gasteiger partial charge in [-0.1, -0.05) is 127 Å². The van der Waals surface area contributed by atoms with Crippen molar-refractivity contribution in [3.05, 3.63) is 176 Å². The van der Waals surface area contributed by atoms with Crippen molar-refractivity contribution >= 4 is 39.1 Å². The molecule has 0 amide bonds. The first kappa shape index (κ1) is 28.2. The third-order valence-electron chi connectivity index (χ3n) is 9.51.